The molecule has 1 atom stereocenters. The third kappa shape index (κ3) is 3.20. The SMILES string of the molecule is O=C(Nc1ccc2c(c1)OC1(CCCC1)O2)C1CC(=O)N(c2ccccc2F)C1. The lowest BCUT2D eigenvalue weighted by atomic mass is 10.1. The normalized spacial score (nSPS) is 21.8. The molecule has 0 aromatic heterocycles. The lowest BCUT2D eigenvalue weighted by molar-refractivity contribution is -0.122. The number of nitrogens with one attached hydrogen (secondary N) is 1. The highest BCUT2D eigenvalue weighted by Gasteiger charge is 2.44. The van der Waals surface area contributed by atoms with Crippen LogP contribution in [-0.4, -0.2) is 24.1 Å². The summed E-state index contributed by atoms with van der Waals surface area (Å²) in [4.78, 5) is 26.4. The van der Waals surface area contributed by atoms with E-state index in [4.69, 9.17) is 9.47 Å². The summed E-state index contributed by atoms with van der Waals surface area (Å²) in [6.45, 7) is 0.152. The molecule has 6 nitrogen and oxygen atoms in total. The number of rotatable bonds is 3. The van der Waals surface area contributed by atoms with Gasteiger partial charge >= 0.3 is 0 Å². The van der Waals surface area contributed by atoms with Crippen molar-refractivity contribution >= 4 is 23.2 Å². The summed E-state index contributed by atoms with van der Waals surface area (Å²) in [5.74, 6) is -0.793. The largest absolute Gasteiger partial charge is 0.448 e. The molecule has 2 aromatic rings. The molecule has 2 amide bonds. The number of anilines is 2. The molecule has 5 rings (SSSR count). The van der Waals surface area contributed by atoms with E-state index >= 15 is 0 Å². The fourth-order valence-corrected chi connectivity index (χ4v) is 4.32. The summed E-state index contributed by atoms with van der Waals surface area (Å²) in [6, 6.07) is 11.4. The summed E-state index contributed by atoms with van der Waals surface area (Å²) in [5, 5.41) is 2.85. The smallest absolute Gasteiger partial charge is 0.251 e. The fourth-order valence-electron chi connectivity index (χ4n) is 4.32. The first-order valence-electron chi connectivity index (χ1n) is 9.91. The van der Waals surface area contributed by atoms with E-state index in [1.54, 1.807) is 36.4 Å². The molecule has 150 valence electrons. The molecule has 2 aromatic carbocycles. The van der Waals surface area contributed by atoms with Crippen molar-refractivity contribution < 1.29 is 23.5 Å². The van der Waals surface area contributed by atoms with Crippen LogP contribution >= 0.6 is 0 Å². The van der Waals surface area contributed by atoms with Gasteiger partial charge < -0.3 is 19.7 Å². The van der Waals surface area contributed by atoms with Crippen LogP contribution in [0.3, 0.4) is 0 Å². The predicted octanol–water partition coefficient (Wildman–Crippen LogP) is 3.86. The van der Waals surface area contributed by atoms with Gasteiger partial charge in [0, 0.05) is 37.6 Å². The molecular weight excluding hydrogens is 375 g/mol. The molecule has 1 aliphatic carbocycles. The second kappa shape index (κ2) is 6.76. The lowest BCUT2D eigenvalue weighted by Crippen LogP contribution is -2.34. The van der Waals surface area contributed by atoms with E-state index in [9.17, 15) is 14.0 Å². The predicted molar refractivity (Wildman–Crippen MR) is 104 cm³/mol. The molecule has 1 N–H and O–H groups in total. The van der Waals surface area contributed by atoms with E-state index in [1.165, 1.54) is 11.0 Å². The number of halogens is 1. The van der Waals surface area contributed by atoms with Crippen molar-refractivity contribution in [3.63, 3.8) is 0 Å². The Morgan fingerprint density at radius 1 is 1.10 bits per heavy atom. The van der Waals surface area contributed by atoms with Crippen LogP contribution < -0.4 is 19.7 Å². The zero-order valence-electron chi connectivity index (χ0n) is 15.8. The maximum atomic E-state index is 14.0. The first kappa shape index (κ1) is 18.0. The number of ether oxygens (including phenoxy) is 2. The molecule has 3 aliphatic rings. The van der Waals surface area contributed by atoms with Gasteiger partial charge in [0.25, 0.3) is 5.79 Å². The summed E-state index contributed by atoms with van der Waals surface area (Å²) < 4.78 is 26.0. The Morgan fingerprint density at radius 2 is 1.86 bits per heavy atom. The first-order valence-corrected chi connectivity index (χ1v) is 9.91. The van der Waals surface area contributed by atoms with Crippen LogP contribution in [0.2, 0.25) is 0 Å². The summed E-state index contributed by atoms with van der Waals surface area (Å²) in [7, 11) is 0. The van der Waals surface area contributed by atoms with Crippen molar-refractivity contribution in [1.82, 2.24) is 0 Å². The maximum Gasteiger partial charge on any atom is 0.251 e. The van der Waals surface area contributed by atoms with Gasteiger partial charge in [-0.25, -0.2) is 4.39 Å². The molecule has 29 heavy (non-hydrogen) atoms. The van der Waals surface area contributed by atoms with Gasteiger partial charge in [0.15, 0.2) is 11.5 Å². The standard InChI is InChI=1S/C22H21FN2O4/c23-16-5-1-2-6-17(16)25-13-14(11-20(25)26)21(27)24-15-7-8-18-19(12-15)29-22(28-18)9-3-4-10-22/h1-2,5-8,12,14H,3-4,9-11,13H2,(H,24,27). The molecule has 0 radical (unpaired) electrons. The average Bonchev–Trinajstić information content (AvgIpc) is 3.41. The highest BCUT2D eigenvalue weighted by molar-refractivity contribution is 6.03. The van der Waals surface area contributed by atoms with Crippen molar-refractivity contribution in [1.29, 1.82) is 0 Å². The maximum absolute atomic E-state index is 14.0. The number of carbonyl (C=O) groups excluding carboxylic acids is 2. The monoisotopic (exact) mass is 396 g/mol. The van der Waals surface area contributed by atoms with Crippen LogP contribution in [0.15, 0.2) is 42.5 Å². The zero-order valence-corrected chi connectivity index (χ0v) is 15.8. The van der Waals surface area contributed by atoms with E-state index in [2.05, 4.69) is 5.32 Å². The molecule has 1 unspecified atom stereocenters. The van der Waals surface area contributed by atoms with E-state index in [1.807, 2.05) is 0 Å². The number of para-hydroxylation sites is 1. The summed E-state index contributed by atoms with van der Waals surface area (Å²) in [5.41, 5.74) is 0.793. The highest BCUT2D eigenvalue weighted by atomic mass is 19.1. The van der Waals surface area contributed by atoms with Gasteiger partial charge in [-0.3, -0.25) is 9.59 Å². The van der Waals surface area contributed by atoms with Gasteiger partial charge in [-0.15, -0.1) is 0 Å². The Labute approximate surface area is 167 Å². The van der Waals surface area contributed by atoms with Gasteiger partial charge in [0.1, 0.15) is 5.82 Å². The third-order valence-electron chi connectivity index (χ3n) is 5.81. The average molecular weight is 396 g/mol. The van der Waals surface area contributed by atoms with Gasteiger partial charge in [-0.2, -0.15) is 0 Å². The van der Waals surface area contributed by atoms with Crippen LogP contribution in [0.4, 0.5) is 15.8 Å². The quantitative estimate of drug-likeness (QED) is 0.856. The van der Waals surface area contributed by atoms with Gasteiger partial charge in [-0.1, -0.05) is 12.1 Å². The van der Waals surface area contributed by atoms with Gasteiger partial charge in [-0.05, 0) is 37.1 Å². The number of fused-ring (bicyclic) bond motifs is 1. The van der Waals surface area contributed by atoms with Crippen LogP contribution in [0, 0.1) is 11.7 Å². The van der Waals surface area contributed by atoms with E-state index in [0.717, 1.165) is 25.7 Å². The molecule has 2 heterocycles. The van der Waals surface area contributed by atoms with Crippen molar-refractivity contribution in [3.8, 4) is 11.5 Å². The third-order valence-corrected chi connectivity index (χ3v) is 5.81. The summed E-state index contributed by atoms with van der Waals surface area (Å²) >= 11 is 0. The minimum absolute atomic E-state index is 0.0494. The molecule has 1 saturated heterocycles. The topological polar surface area (TPSA) is 67.9 Å². The Hall–Kier alpha value is -3.09. The lowest BCUT2D eigenvalue weighted by Gasteiger charge is -2.21. The van der Waals surface area contributed by atoms with Crippen LogP contribution in [0.1, 0.15) is 32.1 Å². The Kier molecular flexibility index (Phi) is 4.19. The van der Waals surface area contributed by atoms with Crippen molar-refractivity contribution in [2.24, 2.45) is 5.92 Å². The van der Waals surface area contributed by atoms with E-state index < -0.39 is 17.5 Å². The number of amides is 2. The molecule has 7 heteroatoms. The van der Waals surface area contributed by atoms with Crippen molar-refractivity contribution in [3.05, 3.63) is 48.3 Å². The van der Waals surface area contributed by atoms with Crippen molar-refractivity contribution in [2.75, 3.05) is 16.8 Å². The molecule has 1 spiro atoms. The summed E-state index contributed by atoms with van der Waals surface area (Å²) in [6.07, 6.45) is 3.92. The number of hydrogen-bond acceptors (Lipinski definition) is 4. The molecular formula is C22H21FN2O4. The molecule has 0 bridgehead atoms. The number of benzene rings is 2. The molecule has 2 fully saturated rings. The Bertz CT molecular complexity index is 987. The van der Waals surface area contributed by atoms with E-state index in [-0.39, 0.29) is 30.5 Å². The van der Waals surface area contributed by atoms with E-state index in [0.29, 0.717) is 17.2 Å². The van der Waals surface area contributed by atoms with Gasteiger partial charge in [0.05, 0.1) is 11.6 Å². The minimum atomic E-state index is -0.552. The van der Waals surface area contributed by atoms with Crippen LogP contribution in [0.25, 0.3) is 0 Å². The first-order chi connectivity index (χ1) is 14.0. The number of carbonyl (C=O) groups is 2. The number of hydrogen-bond donors (Lipinski definition) is 1. The van der Waals surface area contributed by atoms with Gasteiger partial charge in [0.2, 0.25) is 11.8 Å². The van der Waals surface area contributed by atoms with Crippen LogP contribution in [0.5, 0.6) is 11.5 Å². The van der Waals surface area contributed by atoms with Crippen molar-refractivity contribution in [2.45, 2.75) is 37.9 Å². The number of nitrogens with zero attached hydrogens (tertiary/aromatic N) is 1. The van der Waals surface area contributed by atoms with Crippen LogP contribution in [-0.2, 0) is 9.59 Å². The Morgan fingerprint density at radius 3 is 2.66 bits per heavy atom. The minimum Gasteiger partial charge on any atom is -0.448 e. The Balaban J connectivity index is 1.27. The second-order valence-corrected chi connectivity index (χ2v) is 7.83. The second-order valence-electron chi connectivity index (χ2n) is 7.83. The zero-order chi connectivity index (χ0) is 20.0. The molecule has 2 aliphatic heterocycles. The highest BCUT2D eigenvalue weighted by Crippen LogP contribution is 2.47. The molecule has 1 saturated carbocycles. The fraction of sp³-hybridized carbons (Fsp3) is 0.364.